The molecule has 0 saturated heterocycles. The summed E-state index contributed by atoms with van der Waals surface area (Å²) in [7, 11) is -3.84. The normalized spacial score (nSPS) is 10.8. The molecule has 7 heteroatoms. The number of anilines is 1. The lowest BCUT2D eigenvalue weighted by atomic mass is 10.2. The summed E-state index contributed by atoms with van der Waals surface area (Å²) in [5, 5.41) is 9.21. The number of halogens is 1. The monoisotopic (exact) mass is 336 g/mol. The van der Waals surface area contributed by atoms with Crippen LogP contribution in [-0.4, -0.2) is 15.0 Å². The standard InChI is InChI=1S/C15H13ClN2O3S/c1-2-21-15-8-7-12(9-13(15)16)22(19,20)18-14-6-4-3-5-11(14)10-17/h3-9,18H,2H2,1H3. The Morgan fingerprint density at radius 2 is 2.00 bits per heavy atom. The molecule has 0 bridgehead atoms. The number of nitriles is 1. The van der Waals surface area contributed by atoms with Crippen molar-refractivity contribution in [1.82, 2.24) is 0 Å². The van der Waals surface area contributed by atoms with Crippen molar-refractivity contribution in [3.05, 3.63) is 53.1 Å². The maximum atomic E-state index is 12.4. The van der Waals surface area contributed by atoms with E-state index in [2.05, 4.69) is 4.72 Å². The zero-order valence-electron chi connectivity index (χ0n) is 11.7. The highest BCUT2D eigenvalue weighted by Gasteiger charge is 2.17. The van der Waals surface area contributed by atoms with E-state index in [1.807, 2.05) is 6.07 Å². The highest BCUT2D eigenvalue weighted by atomic mass is 35.5. The molecule has 0 radical (unpaired) electrons. The van der Waals surface area contributed by atoms with Crippen molar-refractivity contribution < 1.29 is 13.2 Å². The van der Waals surface area contributed by atoms with E-state index in [4.69, 9.17) is 21.6 Å². The molecule has 114 valence electrons. The maximum Gasteiger partial charge on any atom is 0.261 e. The third-order valence-electron chi connectivity index (χ3n) is 2.81. The van der Waals surface area contributed by atoms with Crippen LogP contribution in [0.15, 0.2) is 47.4 Å². The van der Waals surface area contributed by atoms with Crippen molar-refractivity contribution in [2.75, 3.05) is 11.3 Å². The zero-order valence-corrected chi connectivity index (χ0v) is 13.3. The second kappa shape index (κ2) is 6.69. The van der Waals surface area contributed by atoms with Crippen LogP contribution in [0.3, 0.4) is 0 Å². The molecule has 2 aromatic carbocycles. The van der Waals surface area contributed by atoms with Gasteiger partial charge in [-0.15, -0.1) is 0 Å². The average molecular weight is 337 g/mol. The first-order chi connectivity index (χ1) is 10.5. The van der Waals surface area contributed by atoms with Gasteiger partial charge >= 0.3 is 0 Å². The zero-order chi connectivity index (χ0) is 16.2. The number of ether oxygens (including phenoxy) is 1. The summed E-state index contributed by atoms with van der Waals surface area (Å²) in [6, 6.07) is 12.5. The van der Waals surface area contributed by atoms with Gasteiger partial charge in [0.25, 0.3) is 10.0 Å². The molecular formula is C15H13ClN2O3S. The Morgan fingerprint density at radius 1 is 1.27 bits per heavy atom. The molecule has 0 aromatic heterocycles. The lowest BCUT2D eigenvalue weighted by Gasteiger charge is -2.11. The number of hydrogen-bond donors (Lipinski definition) is 1. The van der Waals surface area contributed by atoms with Crippen LogP contribution in [0, 0.1) is 11.3 Å². The van der Waals surface area contributed by atoms with Crippen LogP contribution in [0.4, 0.5) is 5.69 Å². The number of hydrogen-bond acceptors (Lipinski definition) is 4. The molecule has 22 heavy (non-hydrogen) atoms. The summed E-state index contributed by atoms with van der Waals surface area (Å²) in [5.74, 6) is 0.417. The summed E-state index contributed by atoms with van der Waals surface area (Å²) in [4.78, 5) is -0.00584. The predicted octanol–water partition coefficient (Wildman–Crippen LogP) is 3.41. The van der Waals surface area contributed by atoms with Crippen LogP contribution >= 0.6 is 11.6 Å². The summed E-state index contributed by atoms with van der Waals surface area (Å²) in [6.45, 7) is 2.24. The molecule has 1 N–H and O–H groups in total. The van der Waals surface area contributed by atoms with Crippen molar-refractivity contribution in [1.29, 1.82) is 5.26 Å². The van der Waals surface area contributed by atoms with E-state index in [1.165, 1.54) is 30.3 Å². The molecule has 0 fully saturated rings. The Morgan fingerprint density at radius 3 is 2.64 bits per heavy atom. The summed E-state index contributed by atoms with van der Waals surface area (Å²) in [6.07, 6.45) is 0. The fraction of sp³-hybridized carbons (Fsp3) is 0.133. The van der Waals surface area contributed by atoms with Gasteiger partial charge < -0.3 is 4.74 Å². The van der Waals surface area contributed by atoms with Crippen LogP contribution in [0.5, 0.6) is 5.75 Å². The first-order valence-corrected chi connectivity index (χ1v) is 8.28. The SMILES string of the molecule is CCOc1ccc(S(=O)(=O)Nc2ccccc2C#N)cc1Cl. The summed E-state index contributed by atoms with van der Waals surface area (Å²) >= 11 is 6.01. The fourth-order valence-electron chi connectivity index (χ4n) is 1.79. The average Bonchev–Trinajstić information content (AvgIpc) is 2.49. The van der Waals surface area contributed by atoms with Gasteiger partial charge in [0.05, 0.1) is 27.8 Å². The molecular weight excluding hydrogens is 324 g/mol. The minimum absolute atomic E-state index is 0.00584. The van der Waals surface area contributed by atoms with Crippen LogP contribution in [0.1, 0.15) is 12.5 Å². The highest BCUT2D eigenvalue weighted by Crippen LogP contribution is 2.28. The van der Waals surface area contributed by atoms with Crippen molar-refractivity contribution in [2.24, 2.45) is 0 Å². The first kappa shape index (κ1) is 16.1. The van der Waals surface area contributed by atoms with E-state index in [0.29, 0.717) is 12.4 Å². The molecule has 0 amide bonds. The molecule has 0 aliphatic rings. The molecule has 2 aromatic rings. The number of nitrogens with one attached hydrogen (secondary N) is 1. The van der Waals surface area contributed by atoms with Gasteiger partial charge in [-0.3, -0.25) is 4.72 Å². The van der Waals surface area contributed by atoms with Gasteiger partial charge in [-0.25, -0.2) is 8.42 Å². The Labute approximate surface area is 134 Å². The lowest BCUT2D eigenvalue weighted by molar-refractivity contribution is 0.340. The minimum Gasteiger partial charge on any atom is -0.492 e. The Kier molecular flexibility index (Phi) is 4.91. The molecule has 0 aliphatic carbocycles. The largest absolute Gasteiger partial charge is 0.492 e. The van der Waals surface area contributed by atoms with Gasteiger partial charge in [-0.05, 0) is 37.3 Å². The summed E-state index contributed by atoms with van der Waals surface area (Å²) in [5.41, 5.74) is 0.457. The number of rotatable bonds is 5. The van der Waals surface area contributed by atoms with Gasteiger partial charge in [-0.2, -0.15) is 5.26 Å². The quantitative estimate of drug-likeness (QED) is 0.907. The summed E-state index contributed by atoms with van der Waals surface area (Å²) < 4.78 is 32.4. The van der Waals surface area contributed by atoms with E-state index in [-0.39, 0.29) is 21.2 Å². The lowest BCUT2D eigenvalue weighted by Crippen LogP contribution is -2.14. The van der Waals surface area contributed by atoms with Gasteiger partial charge in [0.2, 0.25) is 0 Å². The van der Waals surface area contributed by atoms with Crippen LogP contribution in [0.25, 0.3) is 0 Å². The van der Waals surface area contributed by atoms with Gasteiger partial charge in [-0.1, -0.05) is 23.7 Å². The number of benzene rings is 2. The van der Waals surface area contributed by atoms with Crippen molar-refractivity contribution in [3.63, 3.8) is 0 Å². The van der Waals surface area contributed by atoms with Crippen LogP contribution < -0.4 is 9.46 Å². The van der Waals surface area contributed by atoms with E-state index in [9.17, 15) is 8.42 Å². The third-order valence-corrected chi connectivity index (χ3v) is 4.46. The highest BCUT2D eigenvalue weighted by molar-refractivity contribution is 7.92. The second-order valence-corrected chi connectivity index (χ2v) is 6.38. The molecule has 0 aliphatic heterocycles. The van der Waals surface area contributed by atoms with Gasteiger partial charge in [0.1, 0.15) is 11.8 Å². The number of nitrogens with zero attached hydrogens (tertiary/aromatic N) is 1. The van der Waals surface area contributed by atoms with Crippen molar-refractivity contribution in [2.45, 2.75) is 11.8 Å². The van der Waals surface area contributed by atoms with Crippen LogP contribution in [0.2, 0.25) is 5.02 Å². The van der Waals surface area contributed by atoms with Crippen LogP contribution in [-0.2, 0) is 10.0 Å². The smallest absolute Gasteiger partial charge is 0.261 e. The fourth-order valence-corrected chi connectivity index (χ4v) is 3.20. The Balaban J connectivity index is 2.35. The van der Waals surface area contributed by atoms with E-state index >= 15 is 0 Å². The first-order valence-electron chi connectivity index (χ1n) is 6.42. The molecule has 0 atom stereocenters. The van der Waals surface area contributed by atoms with E-state index < -0.39 is 10.0 Å². The Hall–Kier alpha value is -2.23. The van der Waals surface area contributed by atoms with Crippen molar-refractivity contribution in [3.8, 4) is 11.8 Å². The molecule has 0 saturated carbocycles. The third kappa shape index (κ3) is 3.50. The predicted molar refractivity (Wildman–Crippen MR) is 84.6 cm³/mol. The Bertz CT molecular complexity index is 829. The maximum absolute atomic E-state index is 12.4. The molecule has 0 spiro atoms. The van der Waals surface area contributed by atoms with Gasteiger partial charge in [0, 0.05) is 0 Å². The molecule has 2 rings (SSSR count). The minimum atomic E-state index is -3.84. The molecule has 0 unspecified atom stereocenters. The molecule has 5 nitrogen and oxygen atoms in total. The topological polar surface area (TPSA) is 79.2 Å². The van der Waals surface area contributed by atoms with Crippen molar-refractivity contribution >= 4 is 27.3 Å². The second-order valence-electron chi connectivity index (χ2n) is 4.29. The number of para-hydroxylation sites is 1. The molecule has 0 heterocycles. The number of sulfonamides is 1. The van der Waals surface area contributed by atoms with E-state index in [1.54, 1.807) is 19.1 Å². The van der Waals surface area contributed by atoms with Gasteiger partial charge in [0.15, 0.2) is 0 Å². The van der Waals surface area contributed by atoms with E-state index in [0.717, 1.165) is 0 Å².